The molecule has 3 heteroatoms. The van der Waals surface area contributed by atoms with Crippen LogP contribution >= 0.6 is 12.6 Å². The summed E-state index contributed by atoms with van der Waals surface area (Å²) in [6, 6.07) is 0.762. The van der Waals surface area contributed by atoms with Crippen LogP contribution in [-0.2, 0) is 4.74 Å². The first-order valence-corrected chi connectivity index (χ1v) is 7.68. The highest BCUT2D eigenvalue weighted by Gasteiger charge is 2.64. The maximum Gasteiger partial charge on any atom is 0.0594 e. The fourth-order valence-electron chi connectivity index (χ4n) is 4.80. The minimum Gasteiger partial charge on any atom is -0.379 e. The quantitative estimate of drug-likeness (QED) is 0.761. The second-order valence-electron chi connectivity index (χ2n) is 6.67. The van der Waals surface area contributed by atoms with E-state index in [4.69, 9.17) is 17.4 Å². The van der Waals surface area contributed by atoms with Gasteiger partial charge < -0.3 is 4.74 Å². The van der Waals surface area contributed by atoms with Crippen LogP contribution in [0, 0.1) is 16.7 Å². The standard InChI is InChI=1S/C14H25NOS/c1-13(2)11-3-4-14(13,10-17)12(9-11)15-5-7-16-8-6-15/h11-12,17H,3-10H2,1-2H3/t11?,12-,14?/m0/s1. The number of rotatable bonds is 2. The van der Waals surface area contributed by atoms with Crippen molar-refractivity contribution >= 4 is 12.6 Å². The van der Waals surface area contributed by atoms with E-state index in [2.05, 4.69) is 18.7 Å². The predicted molar refractivity (Wildman–Crippen MR) is 73.6 cm³/mol. The van der Waals surface area contributed by atoms with Crippen molar-refractivity contribution in [3.63, 3.8) is 0 Å². The first-order valence-electron chi connectivity index (χ1n) is 7.04. The minimum absolute atomic E-state index is 0.456. The Morgan fingerprint density at radius 2 is 2.00 bits per heavy atom. The summed E-state index contributed by atoms with van der Waals surface area (Å²) >= 11 is 4.74. The molecule has 0 N–H and O–H groups in total. The van der Waals surface area contributed by atoms with Gasteiger partial charge in [0.15, 0.2) is 0 Å². The monoisotopic (exact) mass is 255 g/mol. The number of hydrogen-bond acceptors (Lipinski definition) is 3. The normalized spacial score (nSPS) is 45.4. The molecule has 17 heavy (non-hydrogen) atoms. The Kier molecular flexibility index (Phi) is 3.00. The van der Waals surface area contributed by atoms with Gasteiger partial charge in [-0.25, -0.2) is 0 Å². The second-order valence-corrected chi connectivity index (χ2v) is 6.99. The predicted octanol–water partition coefficient (Wildman–Crippen LogP) is 2.44. The molecule has 0 aromatic heterocycles. The maximum absolute atomic E-state index is 5.50. The Morgan fingerprint density at radius 3 is 2.59 bits per heavy atom. The lowest BCUT2D eigenvalue weighted by Crippen LogP contribution is -2.53. The average Bonchev–Trinajstić information content (AvgIpc) is 2.74. The van der Waals surface area contributed by atoms with E-state index in [1.807, 2.05) is 0 Å². The van der Waals surface area contributed by atoms with Crippen molar-refractivity contribution in [3.05, 3.63) is 0 Å². The van der Waals surface area contributed by atoms with Crippen LogP contribution in [0.15, 0.2) is 0 Å². The SMILES string of the molecule is CC1(C)C2CCC1(CS)[C@@H](N1CCOCC1)C2. The van der Waals surface area contributed by atoms with Crippen molar-refractivity contribution in [1.29, 1.82) is 0 Å². The Bertz CT molecular complexity index is 301. The zero-order valence-corrected chi connectivity index (χ0v) is 12.0. The molecule has 0 radical (unpaired) electrons. The minimum atomic E-state index is 0.456. The molecular formula is C14H25NOS. The molecule has 0 aromatic rings. The lowest BCUT2D eigenvalue weighted by molar-refractivity contribution is -0.0249. The summed E-state index contributed by atoms with van der Waals surface area (Å²) in [6.07, 6.45) is 4.21. The summed E-state index contributed by atoms with van der Waals surface area (Å²) in [5.74, 6) is 1.97. The molecule has 2 nitrogen and oxygen atoms in total. The molecule has 0 spiro atoms. The molecule has 2 aliphatic carbocycles. The van der Waals surface area contributed by atoms with E-state index < -0.39 is 0 Å². The molecule has 98 valence electrons. The topological polar surface area (TPSA) is 12.5 Å². The van der Waals surface area contributed by atoms with Crippen LogP contribution in [0.3, 0.4) is 0 Å². The molecule has 0 amide bonds. The van der Waals surface area contributed by atoms with Gasteiger partial charge in [-0.3, -0.25) is 4.90 Å². The third-order valence-corrected chi connectivity index (χ3v) is 6.72. The Labute approximate surface area is 110 Å². The zero-order valence-electron chi connectivity index (χ0n) is 11.1. The summed E-state index contributed by atoms with van der Waals surface area (Å²) < 4.78 is 5.50. The Hall–Kier alpha value is 0.270. The largest absolute Gasteiger partial charge is 0.379 e. The van der Waals surface area contributed by atoms with Gasteiger partial charge in [0, 0.05) is 24.5 Å². The number of nitrogens with zero attached hydrogens (tertiary/aromatic N) is 1. The number of morpholine rings is 1. The van der Waals surface area contributed by atoms with Gasteiger partial charge >= 0.3 is 0 Å². The lowest BCUT2D eigenvalue weighted by atomic mass is 9.68. The average molecular weight is 255 g/mol. The molecule has 0 aromatic carbocycles. The van der Waals surface area contributed by atoms with E-state index >= 15 is 0 Å². The third kappa shape index (κ3) is 1.55. The van der Waals surface area contributed by atoms with Crippen molar-refractivity contribution in [1.82, 2.24) is 4.90 Å². The molecule has 3 aliphatic rings. The van der Waals surface area contributed by atoms with Gasteiger partial charge in [0.05, 0.1) is 13.2 Å². The fraction of sp³-hybridized carbons (Fsp3) is 1.00. The van der Waals surface area contributed by atoms with E-state index in [9.17, 15) is 0 Å². The summed E-state index contributed by atoms with van der Waals surface area (Å²) in [7, 11) is 0. The maximum atomic E-state index is 5.50. The highest BCUT2D eigenvalue weighted by molar-refractivity contribution is 7.80. The van der Waals surface area contributed by atoms with Gasteiger partial charge in [-0.05, 0) is 36.3 Å². The van der Waals surface area contributed by atoms with E-state index in [-0.39, 0.29) is 0 Å². The second kappa shape index (κ2) is 4.14. The van der Waals surface area contributed by atoms with Crippen molar-refractivity contribution in [2.45, 2.75) is 39.2 Å². The van der Waals surface area contributed by atoms with Crippen LogP contribution in [-0.4, -0.2) is 43.0 Å². The highest BCUT2D eigenvalue weighted by Crippen LogP contribution is 2.67. The number of thiol groups is 1. The summed E-state index contributed by atoms with van der Waals surface area (Å²) in [4.78, 5) is 2.70. The van der Waals surface area contributed by atoms with Crippen molar-refractivity contribution < 1.29 is 4.74 Å². The van der Waals surface area contributed by atoms with Crippen LogP contribution in [0.4, 0.5) is 0 Å². The molecule has 2 unspecified atom stereocenters. The van der Waals surface area contributed by atoms with Gasteiger partial charge in [0.25, 0.3) is 0 Å². The van der Waals surface area contributed by atoms with Crippen LogP contribution in [0.25, 0.3) is 0 Å². The smallest absolute Gasteiger partial charge is 0.0594 e. The van der Waals surface area contributed by atoms with Crippen LogP contribution in [0.2, 0.25) is 0 Å². The summed E-state index contributed by atoms with van der Waals surface area (Å²) in [5, 5.41) is 0. The number of ether oxygens (including phenoxy) is 1. The van der Waals surface area contributed by atoms with E-state index in [1.165, 1.54) is 19.3 Å². The molecule has 1 heterocycles. The van der Waals surface area contributed by atoms with E-state index in [0.717, 1.165) is 44.0 Å². The molecule has 1 aliphatic heterocycles. The van der Waals surface area contributed by atoms with Crippen LogP contribution in [0.1, 0.15) is 33.1 Å². The molecule has 2 saturated carbocycles. The zero-order chi connectivity index (χ0) is 12.1. The van der Waals surface area contributed by atoms with Crippen molar-refractivity contribution in [2.24, 2.45) is 16.7 Å². The molecule has 3 atom stereocenters. The van der Waals surface area contributed by atoms with Gasteiger partial charge in [0.1, 0.15) is 0 Å². The Balaban J connectivity index is 1.87. The van der Waals surface area contributed by atoms with Gasteiger partial charge in [0.2, 0.25) is 0 Å². The summed E-state index contributed by atoms with van der Waals surface area (Å²) in [6.45, 7) is 9.07. The van der Waals surface area contributed by atoms with Gasteiger partial charge in [-0.15, -0.1) is 0 Å². The first-order chi connectivity index (χ1) is 8.12. The number of hydrogen-bond donors (Lipinski definition) is 1. The summed E-state index contributed by atoms with van der Waals surface area (Å²) in [5.41, 5.74) is 0.940. The first kappa shape index (κ1) is 12.3. The highest BCUT2D eigenvalue weighted by atomic mass is 32.1. The van der Waals surface area contributed by atoms with Crippen molar-refractivity contribution in [3.8, 4) is 0 Å². The molecule has 2 bridgehead atoms. The van der Waals surface area contributed by atoms with Gasteiger partial charge in [-0.1, -0.05) is 13.8 Å². The number of fused-ring (bicyclic) bond motifs is 2. The molecular weight excluding hydrogens is 230 g/mol. The molecule has 3 fully saturated rings. The Morgan fingerprint density at radius 1 is 1.29 bits per heavy atom. The fourth-order valence-corrected chi connectivity index (χ4v) is 5.58. The van der Waals surface area contributed by atoms with E-state index in [0.29, 0.717) is 10.8 Å². The lowest BCUT2D eigenvalue weighted by Gasteiger charge is -2.47. The van der Waals surface area contributed by atoms with Crippen LogP contribution in [0.5, 0.6) is 0 Å². The van der Waals surface area contributed by atoms with E-state index in [1.54, 1.807) is 0 Å². The molecule has 1 saturated heterocycles. The third-order valence-electron chi connectivity index (χ3n) is 6.16. The van der Waals surface area contributed by atoms with Crippen LogP contribution < -0.4 is 0 Å². The van der Waals surface area contributed by atoms with Gasteiger partial charge in [-0.2, -0.15) is 12.6 Å². The molecule has 3 rings (SSSR count). The van der Waals surface area contributed by atoms with Crippen molar-refractivity contribution in [2.75, 3.05) is 32.1 Å².